The molecule has 0 saturated carbocycles. The zero-order chi connectivity index (χ0) is 27.2. The van der Waals surface area contributed by atoms with E-state index < -0.39 is 25.9 Å². The van der Waals surface area contributed by atoms with Gasteiger partial charge in [0.25, 0.3) is 0 Å². The van der Waals surface area contributed by atoms with Crippen molar-refractivity contribution in [2.45, 2.75) is 36.3 Å². The topological polar surface area (TPSA) is 74.8 Å². The molecule has 0 aromatic heterocycles. The molecule has 0 N–H and O–H groups in total. The molecular weight excluding hydrogens is 523 g/mol. The smallest absolute Gasteiger partial charge is 0.207 e. The van der Waals surface area contributed by atoms with E-state index in [9.17, 15) is 21.2 Å². The standard InChI is InChI=1S/C29H29FN2O4S2/c1-2-31(21-24-11-5-3-6-12-24)37(33,34)27-17-19-28(20-18-27)38(35,36)32(22-25-13-7-4-8-14-25)23-26-15-9-10-16-29(26)30/h3-20H,2,21-23H2,1H3. The Morgan fingerprint density at radius 1 is 0.553 bits per heavy atom. The maximum Gasteiger partial charge on any atom is 0.243 e. The molecule has 0 spiro atoms. The first-order valence-corrected chi connectivity index (χ1v) is 15.0. The summed E-state index contributed by atoms with van der Waals surface area (Å²) < 4.78 is 71.0. The summed E-state index contributed by atoms with van der Waals surface area (Å²) in [6.07, 6.45) is 0. The van der Waals surface area contributed by atoms with Gasteiger partial charge in [0.1, 0.15) is 5.82 Å². The van der Waals surface area contributed by atoms with Gasteiger partial charge in [0.15, 0.2) is 0 Å². The molecular formula is C29H29FN2O4S2. The molecule has 0 heterocycles. The van der Waals surface area contributed by atoms with Crippen LogP contribution in [0.15, 0.2) is 119 Å². The Morgan fingerprint density at radius 2 is 0.974 bits per heavy atom. The maximum atomic E-state index is 14.4. The molecule has 0 radical (unpaired) electrons. The Balaban J connectivity index is 1.63. The van der Waals surface area contributed by atoms with Gasteiger partial charge in [-0.05, 0) is 41.5 Å². The zero-order valence-electron chi connectivity index (χ0n) is 20.9. The van der Waals surface area contributed by atoms with Gasteiger partial charge in [0.2, 0.25) is 20.0 Å². The van der Waals surface area contributed by atoms with Crippen LogP contribution < -0.4 is 0 Å². The SMILES string of the molecule is CCN(Cc1ccccc1)S(=O)(=O)c1ccc(S(=O)(=O)N(Cc2ccccc2)Cc2ccccc2F)cc1. The first kappa shape index (κ1) is 27.7. The normalized spacial score (nSPS) is 12.2. The van der Waals surface area contributed by atoms with E-state index in [1.807, 2.05) is 36.4 Å². The number of hydrogen-bond acceptors (Lipinski definition) is 4. The molecule has 0 bridgehead atoms. The fourth-order valence-corrected chi connectivity index (χ4v) is 6.91. The third-order valence-electron chi connectivity index (χ3n) is 6.16. The average molecular weight is 553 g/mol. The van der Waals surface area contributed by atoms with E-state index in [4.69, 9.17) is 0 Å². The van der Waals surface area contributed by atoms with Gasteiger partial charge in [-0.25, -0.2) is 21.2 Å². The Morgan fingerprint density at radius 3 is 1.45 bits per heavy atom. The molecule has 0 amide bonds. The Bertz CT molecular complexity index is 1560. The molecule has 4 rings (SSSR count). The largest absolute Gasteiger partial charge is 0.243 e. The maximum absolute atomic E-state index is 14.4. The van der Waals surface area contributed by atoms with E-state index in [1.54, 1.807) is 49.4 Å². The first-order chi connectivity index (χ1) is 18.2. The van der Waals surface area contributed by atoms with Gasteiger partial charge in [0.05, 0.1) is 9.79 Å². The van der Waals surface area contributed by atoms with Crippen LogP contribution in [0.3, 0.4) is 0 Å². The lowest BCUT2D eigenvalue weighted by atomic mass is 10.2. The summed E-state index contributed by atoms with van der Waals surface area (Å²) in [7, 11) is -7.95. The van der Waals surface area contributed by atoms with Gasteiger partial charge in [-0.1, -0.05) is 85.8 Å². The van der Waals surface area contributed by atoms with E-state index in [-0.39, 0.29) is 41.5 Å². The summed E-state index contributed by atoms with van der Waals surface area (Å²) in [5.41, 5.74) is 1.83. The summed E-state index contributed by atoms with van der Waals surface area (Å²) >= 11 is 0. The minimum absolute atomic E-state index is 0.00190. The van der Waals surface area contributed by atoms with E-state index in [0.717, 1.165) is 11.1 Å². The van der Waals surface area contributed by atoms with Crippen LogP contribution in [0.25, 0.3) is 0 Å². The van der Waals surface area contributed by atoms with Crippen molar-refractivity contribution in [1.82, 2.24) is 8.61 Å². The van der Waals surface area contributed by atoms with Gasteiger partial charge in [-0.3, -0.25) is 0 Å². The summed E-state index contributed by atoms with van der Waals surface area (Å²) in [6, 6.07) is 29.5. The van der Waals surface area contributed by atoms with Gasteiger partial charge < -0.3 is 0 Å². The Kier molecular flexibility index (Phi) is 8.73. The molecule has 4 aromatic carbocycles. The van der Waals surface area contributed by atoms with Crippen LogP contribution in [-0.4, -0.2) is 32.0 Å². The molecule has 38 heavy (non-hydrogen) atoms. The predicted octanol–water partition coefficient (Wildman–Crippen LogP) is 5.43. The molecule has 198 valence electrons. The molecule has 0 saturated heterocycles. The van der Waals surface area contributed by atoms with E-state index in [1.165, 1.54) is 38.9 Å². The van der Waals surface area contributed by atoms with Crippen molar-refractivity contribution >= 4 is 20.0 Å². The Labute approximate surface area is 224 Å². The van der Waals surface area contributed by atoms with Crippen molar-refractivity contribution in [3.8, 4) is 0 Å². The fraction of sp³-hybridized carbons (Fsp3) is 0.172. The minimum atomic E-state index is -4.09. The van der Waals surface area contributed by atoms with Gasteiger partial charge >= 0.3 is 0 Å². The van der Waals surface area contributed by atoms with E-state index in [2.05, 4.69) is 0 Å². The summed E-state index contributed by atoms with van der Waals surface area (Å²) in [5, 5.41) is 0. The highest BCUT2D eigenvalue weighted by Crippen LogP contribution is 2.25. The van der Waals surface area contributed by atoms with Crippen molar-refractivity contribution in [2.24, 2.45) is 0 Å². The molecule has 6 nitrogen and oxygen atoms in total. The van der Waals surface area contributed by atoms with Crippen molar-refractivity contribution in [3.63, 3.8) is 0 Å². The van der Waals surface area contributed by atoms with Crippen molar-refractivity contribution in [1.29, 1.82) is 0 Å². The Hall–Kier alpha value is -3.37. The number of benzene rings is 4. The van der Waals surface area contributed by atoms with Crippen LogP contribution in [0, 0.1) is 5.82 Å². The second kappa shape index (κ2) is 12.0. The molecule has 0 aliphatic rings. The van der Waals surface area contributed by atoms with Gasteiger partial charge in [0, 0.05) is 31.7 Å². The van der Waals surface area contributed by atoms with Crippen molar-refractivity contribution < 1.29 is 21.2 Å². The molecule has 0 aliphatic heterocycles. The van der Waals surface area contributed by atoms with Crippen LogP contribution in [0.1, 0.15) is 23.6 Å². The third kappa shape index (κ3) is 6.36. The zero-order valence-corrected chi connectivity index (χ0v) is 22.6. The molecule has 0 fully saturated rings. The number of rotatable bonds is 11. The summed E-state index contributed by atoms with van der Waals surface area (Å²) in [6.45, 7) is 2.06. The second-order valence-electron chi connectivity index (χ2n) is 8.74. The molecule has 9 heteroatoms. The fourth-order valence-electron chi connectivity index (χ4n) is 4.07. The highest BCUT2D eigenvalue weighted by molar-refractivity contribution is 7.89. The molecule has 0 unspecified atom stereocenters. The summed E-state index contributed by atoms with van der Waals surface area (Å²) in [5.74, 6) is -0.500. The highest BCUT2D eigenvalue weighted by atomic mass is 32.2. The van der Waals surface area contributed by atoms with Crippen LogP contribution in [0.4, 0.5) is 4.39 Å². The van der Waals surface area contributed by atoms with Crippen LogP contribution in [-0.2, 0) is 39.7 Å². The number of sulfonamides is 2. The van der Waals surface area contributed by atoms with Crippen LogP contribution >= 0.6 is 0 Å². The van der Waals surface area contributed by atoms with Crippen LogP contribution in [0.2, 0.25) is 0 Å². The summed E-state index contributed by atoms with van der Waals surface area (Å²) in [4.78, 5) is -0.0761. The average Bonchev–Trinajstić information content (AvgIpc) is 2.93. The second-order valence-corrected chi connectivity index (χ2v) is 12.6. The van der Waals surface area contributed by atoms with E-state index >= 15 is 0 Å². The third-order valence-corrected chi connectivity index (χ3v) is 9.90. The quantitative estimate of drug-likeness (QED) is 0.249. The van der Waals surface area contributed by atoms with E-state index in [0.29, 0.717) is 0 Å². The molecule has 4 aromatic rings. The molecule has 0 atom stereocenters. The predicted molar refractivity (Wildman–Crippen MR) is 145 cm³/mol. The number of nitrogens with zero attached hydrogens (tertiary/aromatic N) is 2. The first-order valence-electron chi connectivity index (χ1n) is 12.1. The van der Waals surface area contributed by atoms with Crippen molar-refractivity contribution in [2.75, 3.05) is 6.54 Å². The lowest BCUT2D eigenvalue weighted by Crippen LogP contribution is -2.31. The monoisotopic (exact) mass is 552 g/mol. The number of hydrogen-bond donors (Lipinski definition) is 0. The van der Waals surface area contributed by atoms with Crippen LogP contribution in [0.5, 0.6) is 0 Å². The lowest BCUT2D eigenvalue weighted by molar-refractivity contribution is 0.393. The van der Waals surface area contributed by atoms with Crippen molar-refractivity contribution in [3.05, 3.63) is 132 Å². The van der Waals surface area contributed by atoms with Gasteiger partial charge in [-0.15, -0.1) is 0 Å². The van der Waals surface area contributed by atoms with Gasteiger partial charge in [-0.2, -0.15) is 8.61 Å². The lowest BCUT2D eigenvalue weighted by Gasteiger charge is -2.23. The minimum Gasteiger partial charge on any atom is -0.207 e. The highest BCUT2D eigenvalue weighted by Gasteiger charge is 2.28. The molecule has 0 aliphatic carbocycles. The number of halogens is 1.